The lowest BCUT2D eigenvalue weighted by Gasteiger charge is -2.15. The van der Waals surface area contributed by atoms with Crippen LogP contribution in [0.2, 0.25) is 10.0 Å². The van der Waals surface area contributed by atoms with E-state index < -0.39 is 0 Å². The Morgan fingerprint density at radius 3 is 2.52 bits per heavy atom. The van der Waals surface area contributed by atoms with Crippen LogP contribution < -0.4 is 5.32 Å². The molecule has 2 aromatic carbocycles. The summed E-state index contributed by atoms with van der Waals surface area (Å²) in [4.78, 5) is 13.3. The zero-order chi connectivity index (χ0) is 21.7. The van der Waals surface area contributed by atoms with Gasteiger partial charge in [-0.05, 0) is 63.4 Å². The van der Waals surface area contributed by atoms with Crippen molar-refractivity contribution in [1.82, 2.24) is 4.57 Å². The fraction of sp³-hybridized carbons (Fsp3) is 0.240. The minimum atomic E-state index is -0.360. The number of furan rings is 1. The van der Waals surface area contributed by atoms with E-state index in [1.54, 1.807) is 6.07 Å². The van der Waals surface area contributed by atoms with E-state index in [1.165, 1.54) is 5.56 Å². The van der Waals surface area contributed by atoms with Gasteiger partial charge in [0.15, 0.2) is 5.58 Å². The number of aromatic nitrogens is 1. The predicted molar refractivity (Wildman–Crippen MR) is 126 cm³/mol. The molecule has 5 rings (SSSR count). The second kappa shape index (κ2) is 7.77. The lowest BCUT2D eigenvalue weighted by Crippen LogP contribution is -2.14. The van der Waals surface area contributed by atoms with Crippen molar-refractivity contribution in [3.8, 4) is 5.69 Å². The molecule has 0 unspecified atom stereocenters. The first-order valence-electron chi connectivity index (χ1n) is 10.4. The first kappa shape index (κ1) is 20.2. The van der Waals surface area contributed by atoms with E-state index in [1.807, 2.05) is 48.7 Å². The fourth-order valence-electron chi connectivity index (χ4n) is 4.54. The third kappa shape index (κ3) is 3.35. The highest BCUT2D eigenvalue weighted by atomic mass is 35.5. The summed E-state index contributed by atoms with van der Waals surface area (Å²) in [5.41, 5.74) is 5.63. The highest BCUT2D eigenvalue weighted by molar-refractivity contribution is 6.41. The normalized spacial score (nSPS) is 13.4. The monoisotopic (exact) mass is 452 g/mol. The number of carbonyl (C=O) groups excluding carboxylic acids is 1. The molecule has 1 N–H and O–H groups in total. The Morgan fingerprint density at radius 1 is 1.00 bits per heavy atom. The number of anilines is 1. The van der Waals surface area contributed by atoms with Crippen LogP contribution in [-0.2, 0) is 12.8 Å². The predicted octanol–water partition coefficient (Wildman–Crippen LogP) is 7.28. The van der Waals surface area contributed by atoms with Crippen molar-refractivity contribution in [2.24, 2.45) is 0 Å². The number of fused-ring (bicyclic) bond motifs is 3. The number of carbonyl (C=O) groups is 1. The van der Waals surface area contributed by atoms with Gasteiger partial charge in [0, 0.05) is 28.8 Å². The third-order valence-electron chi connectivity index (χ3n) is 6.04. The van der Waals surface area contributed by atoms with Crippen molar-refractivity contribution < 1.29 is 9.21 Å². The number of hydrogen-bond donors (Lipinski definition) is 1. The number of benzene rings is 2. The largest absolute Gasteiger partial charge is 0.459 e. The number of halogens is 2. The van der Waals surface area contributed by atoms with Crippen LogP contribution in [0.4, 0.5) is 5.69 Å². The average molecular weight is 453 g/mol. The molecule has 0 spiro atoms. The van der Waals surface area contributed by atoms with Gasteiger partial charge >= 0.3 is 0 Å². The minimum absolute atomic E-state index is 0.252. The summed E-state index contributed by atoms with van der Waals surface area (Å²) in [7, 11) is 0. The lowest BCUT2D eigenvalue weighted by atomic mass is 9.96. The van der Waals surface area contributed by atoms with Crippen LogP contribution in [0.3, 0.4) is 0 Å². The van der Waals surface area contributed by atoms with Crippen LogP contribution in [-0.4, -0.2) is 10.5 Å². The van der Waals surface area contributed by atoms with Gasteiger partial charge in [0.2, 0.25) is 0 Å². The van der Waals surface area contributed by atoms with Gasteiger partial charge in [0.05, 0.1) is 27.0 Å². The summed E-state index contributed by atoms with van der Waals surface area (Å²) in [6, 6.07) is 13.4. The molecular formula is C25H22Cl2N2O2. The SMILES string of the molecule is Cc1ccc(C)n1-c1ccc(Cl)c(C(=O)Nc2cccc3c4c(oc23)CCCC4)c1Cl. The first-order chi connectivity index (χ1) is 15.0. The summed E-state index contributed by atoms with van der Waals surface area (Å²) >= 11 is 13.1. The van der Waals surface area contributed by atoms with E-state index in [0.29, 0.717) is 21.3 Å². The summed E-state index contributed by atoms with van der Waals surface area (Å²) in [6.07, 6.45) is 4.24. The summed E-state index contributed by atoms with van der Waals surface area (Å²) in [5, 5.41) is 4.67. The standard InChI is InChI=1S/C25H22Cl2N2O2/c1-14-10-11-15(2)29(14)20-13-12-18(26)22(23(20)27)25(30)28-19-8-5-7-17-16-6-3-4-9-21(16)31-24(17)19/h5,7-8,10-13H,3-4,6,9H2,1-2H3,(H,28,30). The van der Waals surface area contributed by atoms with Gasteiger partial charge < -0.3 is 14.3 Å². The average Bonchev–Trinajstić information content (AvgIpc) is 3.29. The molecule has 31 heavy (non-hydrogen) atoms. The third-order valence-corrected chi connectivity index (χ3v) is 6.74. The number of nitrogens with zero attached hydrogens (tertiary/aromatic N) is 1. The van der Waals surface area contributed by atoms with Crippen LogP contribution in [0, 0.1) is 13.8 Å². The summed E-state index contributed by atoms with van der Waals surface area (Å²) in [5.74, 6) is 0.667. The molecule has 158 valence electrons. The molecule has 1 aliphatic rings. The number of nitrogens with one attached hydrogen (secondary N) is 1. The topological polar surface area (TPSA) is 47.2 Å². The van der Waals surface area contributed by atoms with Crippen LogP contribution in [0.25, 0.3) is 16.7 Å². The maximum Gasteiger partial charge on any atom is 0.258 e. The molecule has 0 aliphatic heterocycles. The smallest absolute Gasteiger partial charge is 0.258 e. The first-order valence-corrected chi connectivity index (χ1v) is 11.2. The molecule has 2 aromatic heterocycles. The summed E-state index contributed by atoms with van der Waals surface area (Å²) < 4.78 is 8.16. The van der Waals surface area contributed by atoms with Crippen molar-refractivity contribution in [3.05, 3.63) is 80.8 Å². The Balaban J connectivity index is 1.56. The second-order valence-corrected chi connectivity index (χ2v) is 8.84. The highest BCUT2D eigenvalue weighted by Gasteiger charge is 2.23. The van der Waals surface area contributed by atoms with E-state index >= 15 is 0 Å². The Kier molecular flexibility index (Phi) is 5.07. The van der Waals surface area contributed by atoms with Gasteiger partial charge in [-0.2, -0.15) is 0 Å². The molecule has 1 amide bonds. The lowest BCUT2D eigenvalue weighted by molar-refractivity contribution is 0.102. The maximum absolute atomic E-state index is 13.3. The maximum atomic E-state index is 13.3. The van der Waals surface area contributed by atoms with Gasteiger partial charge in [0.1, 0.15) is 5.76 Å². The van der Waals surface area contributed by atoms with Gasteiger partial charge in [-0.25, -0.2) is 0 Å². The molecule has 6 heteroatoms. The van der Waals surface area contributed by atoms with Crippen molar-refractivity contribution in [2.45, 2.75) is 39.5 Å². The number of amides is 1. The summed E-state index contributed by atoms with van der Waals surface area (Å²) in [6.45, 7) is 3.99. The van der Waals surface area contributed by atoms with Gasteiger partial charge in [-0.1, -0.05) is 35.3 Å². The van der Waals surface area contributed by atoms with Crippen molar-refractivity contribution >= 4 is 45.8 Å². The van der Waals surface area contributed by atoms with Crippen molar-refractivity contribution in [3.63, 3.8) is 0 Å². The van der Waals surface area contributed by atoms with E-state index in [2.05, 4.69) is 11.4 Å². The molecule has 4 aromatic rings. The Bertz CT molecular complexity index is 1310. The molecular weight excluding hydrogens is 431 g/mol. The Morgan fingerprint density at radius 2 is 1.74 bits per heavy atom. The zero-order valence-corrected chi connectivity index (χ0v) is 18.9. The quantitative estimate of drug-likeness (QED) is 0.354. The molecule has 0 bridgehead atoms. The van der Waals surface area contributed by atoms with Crippen LogP contribution in [0.1, 0.15) is 45.9 Å². The highest BCUT2D eigenvalue weighted by Crippen LogP contribution is 2.37. The number of para-hydroxylation sites is 1. The molecule has 4 nitrogen and oxygen atoms in total. The minimum Gasteiger partial charge on any atom is -0.459 e. The fourth-order valence-corrected chi connectivity index (χ4v) is 5.16. The van der Waals surface area contributed by atoms with E-state index in [-0.39, 0.29) is 11.5 Å². The molecule has 0 saturated carbocycles. The van der Waals surface area contributed by atoms with Crippen LogP contribution >= 0.6 is 23.2 Å². The number of hydrogen-bond acceptors (Lipinski definition) is 2. The Hall–Kier alpha value is -2.69. The number of rotatable bonds is 3. The molecule has 0 fully saturated rings. The van der Waals surface area contributed by atoms with Crippen LogP contribution in [0.15, 0.2) is 46.9 Å². The molecule has 0 saturated heterocycles. The Labute approximate surface area is 190 Å². The number of aryl methyl sites for hydroxylation is 4. The van der Waals surface area contributed by atoms with Crippen LogP contribution in [0.5, 0.6) is 0 Å². The molecule has 0 radical (unpaired) electrons. The van der Waals surface area contributed by atoms with E-state index in [9.17, 15) is 4.79 Å². The second-order valence-electron chi connectivity index (χ2n) is 8.05. The van der Waals surface area contributed by atoms with Gasteiger partial charge in [-0.3, -0.25) is 4.79 Å². The zero-order valence-electron chi connectivity index (χ0n) is 17.4. The molecule has 2 heterocycles. The van der Waals surface area contributed by atoms with Crippen molar-refractivity contribution in [2.75, 3.05) is 5.32 Å². The van der Waals surface area contributed by atoms with Gasteiger partial charge in [0.25, 0.3) is 5.91 Å². The molecule has 1 aliphatic carbocycles. The van der Waals surface area contributed by atoms with E-state index in [4.69, 9.17) is 27.6 Å². The van der Waals surface area contributed by atoms with Gasteiger partial charge in [-0.15, -0.1) is 0 Å². The molecule has 0 atom stereocenters. The van der Waals surface area contributed by atoms with Crippen molar-refractivity contribution in [1.29, 1.82) is 0 Å². The van der Waals surface area contributed by atoms with E-state index in [0.717, 1.165) is 53.9 Å².